The molecule has 0 unspecified atom stereocenters. The molecular weight excluding hydrogens is 268 g/mol. The largest absolute Gasteiger partial charge is 0.368 e. The van der Waals surface area contributed by atoms with E-state index < -0.39 is 11.8 Å². The molecule has 0 aliphatic rings. The summed E-state index contributed by atoms with van der Waals surface area (Å²) in [5, 5.41) is 3.38. The molecule has 5 N–H and O–H groups in total. The Hall–Kier alpha value is -2.08. The Labute approximate surface area is 125 Å². The van der Waals surface area contributed by atoms with Crippen molar-refractivity contribution in [3.63, 3.8) is 0 Å². The third-order valence-electron chi connectivity index (χ3n) is 2.83. The molecule has 21 heavy (non-hydrogen) atoms. The zero-order valence-electron chi connectivity index (χ0n) is 12.8. The summed E-state index contributed by atoms with van der Waals surface area (Å²) in [6.07, 6.45) is 0. The minimum absolute atomic E-state index is 0.0364. The lowest BCUT2D eigenvalue weighted by atomic mass is 10.1. The van der Waals surface area contributed by atoms with E-state index in [1.165, 1.54) is 0 Å². The van der Waals surface area contributed by atoms with Gasteiger partial charge in [-0.3, -0.25) is 9.59 Å². The van der Waals surface area contributed by atoms with Crippen molar-refractivity contribution in [2.45, 2.75) is 32.9 Å². The number of anilines is 1. The minimum atomic E-state index is -0.505. The molecule has 2 amide bonds. The van der Waals surface area contributed by atoms with E-state index in [0.29, 0.717) is 6.54 Å². The average Bonchev–Trinajstić information content (AvgIpc) is 2.34. The van der Waals surface area contributed by atoms with E-state index in [9.17, 15) is 9.59 Å². The van der Waals surface area contributed by atoms with E-state index in [2.05, 4.69) is 26.1 Å². The Morgan fingerprint density at radius 1 is 1.10 bits per heavy atom. The van der Waals surface area contributed by atoms with Crippen molar-refractivity contribution >= 4 is 17.5 Å². The van der Waals surface area contributed by atoms with E-state index >= 15 is 0 Å². The molecular formula is C15H24N4O2. The number of nitrogens with two attached hydrogens (primary N) is 2. The molecule has 6 nitrogen and oxygen atoms in total. The van der Waals surface area contributed by atoms with Gasteiger partial charge in [0.25, 0.3) is 0 Å². The number of para-hydroxylation sites is 1. The van der Waals surface area contributed by atoms with E-state index in [0.717, 1.165) is 11.3 Å². The summed E-state index contributed by atoms with van der Waals surface area (Å²) in [5.41, 5.74) is 12.2. The Bertz CT molecular complexity index is 493. The van der Waals surface area contributed by atoms with E-state index in [-0.39, 0.29) is 18.6 Å². The van der Waals surface area contributed by atoms with Gasteiger partial charge in [-0.25, -0.2) is 0 Å². The number of hydrogen-bond donors (Lipinski definition) is 3. The molecule has 1 aromatic carbocycles. The van der Waals surface area contributed by atoms with Crippen LogP contribution in [0.25, 0.3) is 0 Å². The number of primary amides is 2. The van der Waals surface area contributed by atoms with Crippen LogP contribution in [0, 0.1) is 0 Å². The summed E-state index contributed by atoms with van der Waals surface area (Å²) in [6.45, 7) is 6.74. The van der Waals surface area contributed by atoms with Crippen LogP contribution in [0.5, 0.6) is 0 Å². The maximum Gasteiger partial charge on any atom is 0.236 e. The van der Waals surface area contributed by atoms with Gasteiger partial charge >= 0.3 is 0 Å². The van der Waals surface area contributed by atoms with Gasteiger partial charge in [0.15, 0.2) is 0 Å². The first-order valence-electron chi connectivity index (χ1n) is 6.83. The molecule has 0 aromatic heterocycles. The van der Waals surface area contributed by atoms with Gasteiger partial charge in [-0.05, 0) is 32.4 Å². The molecule has 0 aliphatic carbocycles. The van der Waals surface area contributed by atoms with Gasteiger partial charge in [0, 0.05) is 17.8 Å². The van der Waals surface area contributed by atoms with Crippen molar-refractivity contribution in [3.05, 3.63) is 29.8 Å². The molecule has 1 aromatic rings. The number of hydrogen-bond acceptors (Lipinski definition) is 4. The zero-order valence-corrected chi connectivity index (χ0v) is 12.8. The molecule has 0 saturated heterocycles. The van der Waals surface area contributed by atoms with E-state index in [1.54, 1.807) is 4.90 Å². The van der Waals surface area contributed by atoms with Crippen molar-refractivity contribution in [3.8, 4) is 0 Å². The van der Waals surface area contributed by atoms with Crippen LogP contribution >= 0.6 is 0 Å². The predicted octanol–water partition coefficient (Wildman–Crippen LogP) is 0.352. The Kier molecular flexibility index (Phi) is 5.72. The summed E-state index contributed by atoms with van der Waals surface area (Å²) in [4.78, 5) is 24.0. The number of amides is 2. The second kappa shape index (κ2) is 7.08. The normalized spacial score (nSPS) is 11.2. The highest BCUT2D eigenvalue weighted by Crippen LogP contribution is 2.20. The van der Waals surface area contributed by atoms with Crippen LogP contribution in [0.2, 0.25) is 0 Å². The maximum atomic E-state index is 11.2. The average molecular weight is 292 g/mol. The van der Waals surface area contributed by atoms with Crippen LogP contribution in [0.15, 0.2) is 24.3 Å². The quantitative estimate of drug-likeness (QED) is 0.675. The Balaban J connectivity index is 3.01. The van der Waals surface area contributed by atoms with Crippen molar-refractivity contribution in [1.82, 2.24) is 5.32 Å². The fourth-order valence-electron chi connectivity index (χ4n) is 1.93. The highest BCUT2D eigenvalue weighted by Gasteiger charge is 2.16. The molecule has 0 spiro atoms. The first kappa shape index (κ1) is 17.0. The minimum Gasteiger partial charge on any atom is -0.368 e. The molecule has 0 bridgehead atoms. The predicted molar refractivity (Wildman–Crippen MR) is 83.6 cm³/mol. The first-order chi connectivity index (χ1) is 9.69. The Morgan fingerprint density at radius 3 is 2.10 bits per heavy atom. The van der Waals surface area contributed by atoms with Crippen LogP contribution in [-0.2, 0) is 16.1 Å². The fourth-order valence-corrected chi connectivity index (χ4v) is 1.93. The summed E-state index contributed by atoms with van der Waals surface area (Å²) >= 11 is 0. The van der Waals surface area contributed by atoms with Crippen LogP contribution in [0.4, 0.5) is 5.69 Å². The number of carbonyl (C=O) groups is 2. The molecule has 0 heterocycles. The number of rotatable bonds is 7. The van der Waals surface area contributed by atoms with Gasteiger partial charge in [-0.1, -0.05) is 18.2 Å². The van der Waals surface area contributed by atoms with Crippen molar-refractivity contribution in [1.29, 1.82) is 0 Å². The second-order valence-electron chi connectivity index (χ2n) is 6.02. The van der Waals surface area contributed by atoms with Crippen LogP contribution in [-0.4, -0.2) is 30.4 Å². The molecule has 6 heteroatoms. The van der Waals surface area contributed by atoms with Gasteiger partial charge in [0.2, 0.25) is 11.8 Å². The lowest BCUT2D eigenvalue weighted by Crippen LogP contribution is -2.41. The van der Waals surface area contributed by atoms with Gasteiger partial charge in [0.1, 0.15) is 0 Å². The van der Waals surface area contributed by atoms with Crippen LogP contribution < -0.4 is 21.7 Å². The van der Waals surface area contributed by atoms with Gasteiger partial charge in [0.05, 0.1) is 13.1 Å². The molecule has 116 valence electrons. The van der Waals surface area contributed by atoms with Gasteiger partial charge < -0.3 is 21.7 Å². The monoisotopic (exact) mass is 292 g/mol. The van der Waals surface area contributed by atoms with Crippen molar-refractivity contribution < 1.29 is 9.59 Å². The standard InChI is InChI=1S/C15H24N4O2/c1-15(2,3)18-8-11-6-4-5-7-12(11)19(9-13(16)20)10-14(17)21/h4-7,18H,8-10H2,1-3H3,(H2,16,20)(H2,17,21). The van der Waals surface area contributed by atoms with Gasteiger partial charge in [-0.2, -0.15) is 0 Å². The molecule has 0 aliphatic heterocycles. The molecule has 0 fully saturated rings. The lowest BCUT2D eigenvalue weighted by Gasteiger charge is -2.27. The number of carbonyl (C=O) groups excluding carboxylic acids is 2. The highest BCUT2D eigenvalue weighted by atomic mass is 16.2. The van der Waals surface area contributed by atoms with Gasteiger partial charge in [-0.15, -0.1) is 0 Å². The van der Waals surface area contributed by atoms with E-state index in [1.807, 2.05) is 24.3 Å². The molecule has 0 saturated carbocycles. The third-order valence-corrected chi connectivity index (χ3v) is 2.83. The van der Waals surface area contributed by atoms with Crippen molar-refractivity contribution in [2.75, 3.05) is 18.0 Å². The zero-order chi connectivity index (χ0) is 16.0. The van der Waals surface area contributed by atoms with Crippen LogP contribution in [0.3, 0.4) is 0 Å². The number of nitrogens with one attached hydrogen (secondary N) is 1. The molecule has 0 radical (unpaired) electrons. The summed E-state index contributed by atoms with van der Waals surface area (Å²) in [6, 6.07) is 7.56. The fraction of sp³-hybridized carbons (Fsp3) is 0.467. The smallest absolute Gasteiger partial charge is 0.236 e. The van der Waals surface area contributed by atoms with Crippen molar-refractivity contribution in [2.24, 2.45) is 11.5 Å². The van der Waals surface area contributed by atoms with E-state index in [4.69, 9.17) is 11.5 Å². The van der Waals surface area contributed by atoms with Crippen LogP contribution in [0.1, 0.15) is 26.3 Å². The lowest BCUT2D eigenvalue weighted by molar-refractivity contribution is -0.117. The summed E-state index contributed by atoms with van der Waals surface area (Å²) in [5.74, 6) is -1.01. The second-order valence-corrected chi connectivity index (χ2v) is 6.02. The topological polar surface area (TPSA) is 101 Å². The SMILES string of the molecule is CC(C)(C)NCc1ccccc1N(CC(N)=O)CC(N)=O. The molecule has 1 rings (SSSR count). The number of nitrogens with zero attached hydrogens (tertiary/aromatic N) is 1. The third kappa shape index (κ3) is 6.27. The highest BCUT2D eigenvalue weighted by molar-refractivity contribution is 5.85. The number of benzene rings is 1. The first-order valence-corrected chi connectivity index (χ1v) is 6.83. The molecule has 0 atom stereocenters. The Morgan fingerprint density at radius 2 is 1.62 bits per heavy atom. The summed E-state index contributed by atoms with van der Waals surface area (Å²) < 4.78 is 0. The maximum absolute atomic E-state index is 11.2. The summed E-state index contributed by atoms with van der Waals surface area (Å²) in [7, 11) is 0.